The molecule has 0 amide bonds. The van der Waals surface area contributed by atoms with E-state index in [1.165, 1.54) is 16.7 Å². The second kappa shape index (κ2) is 7.55. The van der Waals surface area contributed by atoms with Gasteiger partial charge < -0.3 is 4.42 Å². The number of furan rings is 1. The van der Waals surface area contributed by atoms with Crippen molar-refractivity contribution in [3.05, 3.63) is 103 Å². The Balaban J connectivity index is 1.49. The summed E-state index contributed by atoms with van der Waals surface area (Å²) < 4.78 is 6.10. The third-order valence-corrected chi connectivity index (χ3v) is 5.71. The van der Waals surface area contributed by atoms with Crippen molar-refractivity contribution in [1.82, 2.24) is 4.98 Å². The molecule has 0 atom stereocenters. The molecule has 0 fully saturated rings. The van der Waals surface area contributed by atoms with Gasteiger partial charge in [0.1, 0.15) is 5.76 Å². The van der Waals surface area contributed by atoms with Crippen molar-refractivity contribution in [1.29, 1.82) is 0 Å². The lowest BCUT2D eigenvalue weighted by atomic mass is 9.86. The molecule has 3 aromatic carbocycles. The minimum Gasteiger partial charge on any atom is -0.454 e. The average Bonchev–Trinajstić information content (AvgIpc) is 3.23. The van der Waals surface area contributed by atoms with Crippen LogP contribution in [0, 0.1) is 0 Å². The van der Waals surface area contributed by atoms with E-state index < -0.39 is 0 Å². The summed E-state index contributed by atoms with van der Waals surface area (Å²) in [5.74, 6) is 0.868. The van der Waals surface area contributed by atoms with Crippen molar-refractivity contribution < 1.29 is 4.42 Å². The van der Waals surface area contributed by atoms with Gasteiger partial charge in [-0.25, -0.2) is 0 Å². The fourth-order valence-electron chi connectivity index (χ4n) is 3.87. The highest BCUT2D eigenvalue weighted by atomic mass is 16.3. The quantitative estimate of drug-likeness (QED) is 0.304. The maximum Gasteiger partial charge on any atom is 0.153 e. The maximum absolute atomic E-state index is 6.10. The van der Waals surface area contributed by atoms with E-state index in [0.29, 0.717) is 0 Å². The molecule has 0 unspecified atom stereocenters. The SMILES string of the molecule is CC(C)(C)c1ccc(-c2cc3cc(-c4cccc(-c5ccccc5)c4)ncc3o2)cc1. The summed E-state index contributed by atoms with van der Waals surface area (Å²) in [7, 11) is 0. The Morgan fingerprint density at radius 3 is 2.10 bits per heavy atom. The zero-order valence-corrected chi connectivity index (χ0v) is 18.1. The van der Waals surface area contributed by atoms with Gasteiger partial charge in [0, 0.05) is 16.5 Å². The second-order valence-electron chi connectivity index (χ2n) is 8.99. The first-order valence-corrected chi connectivity index (χ1v) is 10.6. The Kier molecular flexibility index (Phi) is 4.71. The van der Waals surface area contributed by atoms with E-state index in [0.717, 1.165) is 33.6 Å². The highest BCUT2D eigenvalue weighted by Gasteiger charge is 2.14. The van der Waals surface area contributed by atoms with Crippen molar-refractivity contribution in [3.8, 4) is 33.7 Å². The fourth-order valence-corrected chi connectivity index (χ4v) is 3.87. The van der Waals surface area contributed by atoms with Crippen molar-refractivity contribution >= 4 is 11.0 Å². The highest BCUT2D eigenvalue weighted by Crippen LogP contribution is 2.32. The number of hydrogen-bond donors (Lipinski definition) is 0. The van der Waals surface area contributed by atoms with Crippen LogP contribution in [0.15, 0.2) is 102 Å². The van der Waals surface area contributed by atoms with Gasteiger partial charge in [0.05, 0.1) is 11.9 Å². The van der Waals surface area contributed by atoms with Crippen molar-refractivity contribution in [2.24, 2.45) is 0 Å². The minimum atomic E-state index is 0.138. The first-order valence-electron chi connectivity index (χ1n) is 10.6. The molecule has 2 aromatic heterocycles. The van der Waals surface area contributed by atoms with Crippen molar-refractivity contribution in [3.63, 3.8) is 0 Å². The molecule has 5 aromatic rings. The maximum atomic E-state index is 6.10. The number of pyridine rings is 1. The molecular weight excluding hydrogens is 378 g/mol. The number of aromatic nitrogens is 1. The van der Waals surface area contributed by atoms with Crippen LogP contribution in [0.25, 0.3) is 44.7 Å². The monoisotopic (exact) mass is 403 g/mol. The van der Waals surface area contributed by atoms with Crippen LogP contribution < -0.4 is 0 Å². The molecule has 0 saturated heterocycles. The number of benzene rings is 3. The second-order valence-corrected chi connectivity index (χ2v) is 8.99. The Morgan fingerprint density at radius 2 is 1.35 bits per heavy atom. The Morgan fingerprint density at radius 1 is 0.645 bits per heavy atom. The molecule has 2 heterocycles. The third kappa shape index (κ3) is 3.89. The third-order valence-electron chi connectivity index (χ3n) is 5.71. The number of fused-ring (bicyclic) bond motifs is 1. The van der Waals surface area contributed by atoms with E-state index in [9.17, 15) is 0 Å². The summed E-state index contributed by atoms with van der Waals surface area (Å²) in [4.78, 5) is 4.67. The molecule has 0 bridgehead atoms. The Labute approximate surface area is 183 Å². The van der Waals surface area contributed by atoms with E-state index in [1.807, 2.05) is 12.3 Å². The topological polar surface area (TPSA) is 26.0 Å². The summed E-state index contributed by atoms with van der Waals surface area (Å²) in [5.41, 5.74) is 7.77. The number of rotatable bonds is 3. The lowest BCUT2D eigenvalue weighted by Crippen LogP contribution is -2.10. The number of nitrogens with zero attached hydrogens (tertiary/aromatic N) is 1. The smallest absolute Gasteiger partial charge is 0.153 e. The molecule has 2 nitrogen and oxygen atoms in total. The van der Waals surface area contributed by atoms with Gasteiger partial charge in [0.15, 0.2) is 5.58 Å². The largest absolute Gasteiger partial charge is 0.454 e. The van der Waals surface area contributed by atoms with Crippen LogP contribution in [0.3, 0.4) is 0 Å². The summed E-state index contributed by atoms with van der Waals surface area (Å²) in [6.45, 7) is 6.68. The van der Waals surface area contributed by atoms with E-state index in [4.69, 9.17) is 4.42 Å². The number of hydrogen-bond acceptors (Lipinski definition) is 2. The fraction of sp³-hybridized carbons (Fsp3) is 0.138. The van der Waals surface area contributed by atoms with Gasteiger partial charge in [-0.15, -0.1) is 0 Å². The lowest BCUT2D eigenvalue weighted by molar-refractivity contribution is 0.590. The Hall–Kier alpha value is -3.65. The molecule has 31 heavy (non-hydrogen) atoms. The van der Waals surface area contributed by atoms with Gasteiger partial charge in [-0.05, 0) is 40.3 Å². The first-order chi connectivity index (χ1) is 15.0. The molecular formula is C29H25NO. The summed E-state index contributed by atoms with van der Waals surface area (Å²) in [5, 5.41) is 1.06. The average molecular weight is 404 g/mol. The predicted molar refractivity (Wildman–Crippen MR) is 129 cm³/mol. The molecule has 0 spiro atoms. The molecule has 0 aliphatic heterocycles. The molecule has 2 heteroatoms. The van der Waals surface area contributed by atoms with Crippen LogP contribution in [0.4, 0.5) is 0 Å². The van der Waals surface area contributed by atoms with Gasteiger partial charge in [-0.1, -0.05) is 93.6 Å². The van der Waals surface area contributed by atoms with E-state index in [1.54, 1.807) is 0 Å². The van der Waals surface area contributed by atoms with Gasteiger partial charge >= 0.3 is 0 Å². The summed E-state index contributed by atoms with van der Waals surface area (Å²) in [6, 6.07) is 31.8. The van der Waals surface area contributed by atoms with E-state index >= 15 is 0 Å². The van der Waals surface area contributed by atoms with Crippen molar-refractivity contribution in [2.75, 3.05) is 0 Å². The van der Waals surface area contributed by atoms with Gasteiger partial charge in [0.25, 0.3) is 0 Å². The first kappa shape index (κ1) is 19.3. The van der Waals surface area contributed by atoms with Crippen LogP contribution in [-0.4, -0.2) is 4.98 Å². The van der Waals surface area contributed by atoms with Crippen LogP contribution in [0.5, 0.6) is 0 Å². The van der Waals surface area contributed by atoms with E-state index in [2.05, 4.69) is 111 Å². The highest BCUT2D eigenvalue weighted by molar-refractivity contribution is 5.86. The standard InChI is InChI=1S/C29H25NO/c1-29(2,3)25-14-12-21(13-15-25)27-18-24-17-26(30-19-28(24)31-27)23-11-7-10-22(16-23)20-8-5-4-6-9-20/h4-19H,1-3H3. The van der Waals surface area contributed by atoms with E-state index in [-0.39, 0.29) is 5.41 Å². The normalized spacial score (nSPS) is 11.7. The van der Waals surface area contributed by atoms with Crippen LogP contribution in [-0.2, 0) is 5.41 Å². The van der Waals surface area contributed by atoms with Gasteiger partial charge in [-0.2, -0.15) is 0 Å². The zero-order chi connectivity index (χ0) is 21.4. The Bertz CT molecular complexity index is 1340. The molecule has 0 aliphatic rings. The van der Waals surface area contributed by atoms with Gasteiger partial charge in [-0.3, -0.25) is 4.98 Å². The van der Waals surface area contributed by atoms with Gasteiger partial charge in [0.2, 0.25) is 0 Å². The minimum absolute atomic E-state index is 0.138. The molecule has 0 radical (unpaired) electrons. The molecule has 5 rings (SSSR count). The van der Waals surface area contributed by atoms with Crippen LogP contribution in [0.2, 0.25) is 0 Å². The molecule has 0 N–H and O–H groups in total. The molecule has 0 aliphatic carbocycles. The predicted octanol–water partition coefficient (Wildman–Crippen LogP) is 8.13. The molecule has 152 valence electrons. The van der Waals surface area contributed by atoms with Crippen LogP contribution in [0.1, 0.15) is 26.3 Å². The lowest BCUT2D eigenvalue weighted by Gasteiger charge is -2.18. The van der Waals surface area contributed by atoms with Crippen molar-refractivity contribution in [2.45, 2.75) is 26.2 Å². The summed E-state index contributed by atoms with van der Waals surface area (Å²) >= 11 is 0. The van der Waals surface area contributed by atoms with Crippen LogP contribution >= 0.6 is 0 Å². The zero-order valence-electron chi connectivity index (χ0n) is 18.1. The summed E-state index contributed by atoms with van der Waals surface area (Å²) in [6.07, 6.45) is 1.83. The molecule has 0 saturated carbocycles.